The molecular weight excluding hydrogens is 448 g/mol. The lowest BCUT2D eigenvalue weighted by atomic mass is 9.74. The van der Waals surface area contributed by atoms with E-state index in [4.69, 9.17) is 11.5 Å². The average Bonchev–Trinajstić information content (AvgIpc) is 3.09. The number of fused-ring (bicyclic) bond motifs is 2. The third-order valence-corrected chi connectivity index (χ3v) is 9.19. The van der Waals surface area contributed by atoms with Gasteiger partial charge in [-0.3, -0.25) is 9.69 Å². The van der Waals surface area contributed by atoms with Gasteiger partial charge in [0, 0.05) is 37.1 Å². The summed E-state index contributed by atoms with van der Waals surface area (Å²) >= 11 is 1.61. The number of thiophene rings is 1. The number of imide groups is 1. The van der Waals surface area contributed by atoms with Gasteiger partial charge in [0.2, 0.25) is 5.91 Å². The Balaban J connectivity index is 1.47. The summed E-state index contributed by atoms with van der Waals surface area (Å²) in [6.07, 6.45) is 8.46. The average molecular weight is 491 g/mol. The number of anilines is 2. The quantitative estimate of drug-likeness (QED) is 0.566. The van der Waals surface area contributed by atoms with Crippen LogP contribution in [0.5, 0.6) is 0 Å². The number of nitrogens with two attached hydrogens (primary N) is 2. The van der Waals surface area contributed by atoms with E-state index in [9.17, 15) is 9.59 Å². The predicted octanol–water partition coefficient (Wildman–Crippen LogP) is 2.63. The van der Waals surface area contributed by atoms with E-state index in [2.05, 4.69) is 17.3 Å². The molecule has 0 unspecified atom stereocenters. The van der Waals surface area contributed by atoms with Gasteiger partial charge in [-0.15, -0.1) is 11.3 Å². The molecule has 5 N–H and O–H groups in total. The first-order valence-electron chi connectivity index (χ1n) is 12.8. The first-order chi connectivity index (χ1) is 16.2. The molecule has 1 aliphatic heterocycles. The Morgan fingerprint density at radius 2 is 1.88 bits per heavy atom. The zero-order chi connectivity index (χ0) is 24.4. The van der Waals surface area contributed by atoms with Gasteiger partial charge < -0.3 is 26.6 Å². The summed E-state index contributed by atoms with van der Waals surface area (Å²) < 4.78 is 0. The van der Waals surface area contributed by atoms with Crippen molar-refractivity contribution in [2.24, 2.45) is 17.8 Å². The number of carbonyl (C=O) groups excluding carboxylic acids is 2. The molecule has 8 nitrogen and oxygen atoms in total. The second kappa shape index (κ2) is 10.8. The van der Waals surface area contributed by atoms with Crippen LogP contribution in [0.1, 0.15) is 49.0 Å². The predicted molar refractivity (Wildman–Crippen MR) is 139 cm³/mol. The molecule has 190 valence electrons. The molecule has 3 amide bonds. The van der Waals surface area contributed by atoms with Gasteiger partial charge in [-0.2, -0.15) is 0 Å². The maximum absolute atomic E-state index is 13.8. The number of likely N-dealkylation sites (tertiary alicyclic amines) is 1. The zero-order valence-corrected chi connectivity index (χ0v) is 21.8. The second-order valence-electron chi connectivity index (χ2n) is 10.9. The number of nitrogen functional groups attached to an aromatic ring is 2. The van der Waals surface area contributed by atoms with Gasteiger partial charge in [0.25, 0.3) is 0 Å². The highest BCUT2D eigenvalue weighted by Gasteiger charge is 2.43. The van der Waals surface area contributed by atoms with Crippen molar-refractivity contribution in [1.29, 1.82) is 0 Å². The van der Waals surface area contributed by atoms with E-state index in [-0.39, 0.29) is 17.9 Å². The summed E-state index contributed by atoms with van der Waals surface area (Å²) in [5, 5.41) is 3.71. The standard InChI is InChI=1S/C25H42N6O2S/c1-29(2)10-9-28-25(33)31(14-16-7-5-4-6-8-16)24(32)18-11-17-12-19-21(34-23(27)22(19)26)13-20(17)30(3)15-18/h16-18,20H,4-15,26-27H2,1-3H3,(H,28,33)/t17-,18-,20-/m1/s1. The molecule has 2 aliphatic carbocycles. The lowest BCUT2D eigenvalue weighted by Crippen LogP contribution is -2.56. The number of amides is 3. The fourth-order valence-electron chi connectivity index (χ4n) is 6.15. The molecule has 0 radical (unpaired) electrons. The van der Waals surface area contributed by atoms with Crippen LogP contribution < -0.4 is 16.8 Å². The topological polar surface area (TPSA) is 108 Å². The van der Waals surface area contributed by atoms with E-state index in [1.807, 2.05) is 19.0 Å². The highest BCUT2D eigenvalue weighted by molar-refractivity contribution is 7.16. The lowest BCUT2D eigenvalue weighted by Gasteiger charge is -2.45. The minimum atomic E-state index is -0.233. The summed E-state index contributed by atoms with van der Waals surface area (Å²) in [5.41, 5.74) is 14.3. The molecule has 9 heteroatoms. The minimum Gasteiger partial charge on any atom is -0.396 e. The molecule has 2 fully saturated rings. The van der Waals surface area contributed by atoms with Crippen molar-refractivity contribution in [3.05, 3.63) is 10.4 Å². The summed E-state index contributed by atoms with van der Waals surface area (Å²) in [6, 6.07) is 0.165. The van der Waals surface area contributed by atoms with Crippen LogP contribution in [0.15, 0.2) is 0 Å². The normalized spacial score (nSPS) is 25.6. The summed E-state index contributed by atoms with van der Waals surface area (Å²) in [5.74, 6) is 0.581. The Morgan fingerprint density at radius 1 is 1.15 bits per heavy atom. The van der Waals surface area contributed by atoms with Crippen molar-refractivity contribution in [1.82, 2.24) is 20.0 Å². The van der Waals surface area contributed by atoms with Crippen LogP contribution in [-0.4, -0.2) is 80.0 Å². The van der Waals surface area contributed by atoms with E-state index < -0.39 is 0 Å². The van der Waals surface area contributed by atoms with Gasteiger partial charge in [-0.05, 0) is 70.6 Å². The van der Waals surface area contributed by atoms with Crippen molar-refractivity contribution in [2.75, 3.05) is 58.8 Å². The van der Waals surface area contributed by atoms with E-state index in [1.165, 1.54) is 29.7 Å². The molecule has 4 rings (SSSR count). The third-order valence-electron chi connectivity index (χ3n) is 8.09. The van der Waals surface area contributed by atoms with Crippen LogP contribution in [-0.2, 0) is 17.6 Å². The maximum Gasteiger partial charge on any atom is 0.324 e. The van der Waals surface area contributed by atoms with E-state index in [0.717, 1.165) is 44.3 Å². The number of hydrogen-bond acceptors (Lipinski definition) is 7. The fourth-order valence-corrected chi connectivity index (χ4v) is 7.22. The van der Waals surface area contributed by atoms with Crippen molar-refractivity contribution in [2.45, 2.75) is 57.4 Å². The van der Waals surface area contributed by atoms with Crippen LogP contribution in [0.25, 0.3) is 0 Å². The van der Waals surface area contributed by atoms with Crippen molar-refractivity contribution in [3.8, 4) is 0 Å². The van der Waals surface area contributed by atoms with Crippen molar-refractivity contribution < 1.29 is 9.59 Å². The Bertz CT molecular complexity index is 881. The molecule has 2 heterocycles. The molecule has 3 aliphatic rings. The van der Waals surface area contributed by atoms with Gasteiger partial charge in [-0.1, -0.05) is 19.3 Å². The molecule has 1 aromatic heterocycles. The number of nitrogens with one attached hydrogen (secondary N) is 1. The number of nitrogens with zero attached hydrogens (tertiary/aromatic N) is 3. The number of likely N-dealkylation sites (N-methyl/N-ethyl adjacent to an activating group) is 2. The first kappa shape index (κ1) is 25.3. The highest BCUT2D eigenvalue weighted by Crippen LogP contribution is 2.44. The number of urea groups is 1. The van der Waals surface area contributed by atoms with E-state index in [1.54, 1.807) is 16.2 Å². The smallest absolute Gasteiger partial charge is 0.324 e. The van der Waals surface area contributed by atoms with Gasteiger partial charge in [0.15, 0.2) is 0 Å². The lowest BCUT2D eigenvalue weighted by molar-refractivity contribution is -0.136. The summed E-state index contributed by atoms with van der Waals surface area (Å²) in [6.45, 7) is 2.52. The number of hydrogen-bond donors (Lipinski definition) is 3. The number of carbonyl (C=O) groups is 2. The molecule has 34 heavy (non-hydrogen) atoms. The Morgan fingerprint density at radius 3 is 2.59 bits per heavy atom. The molecule has 3 atom stereocenters. The molecule has 1 saturated carbocycles. The van der Waals surface area contributed by atoms with Crippen LogP contribution >= 0.6 is 11.3 Å². The minimum absolute atomic E-state index is 0.0122. The van der Waals surface area contributed by atoms with Crippen LogP contribution in [0, 0.1) is 17.8 Å². The zero-order valence-electron chi connectivity index (χ0n) is 21.0. The number of piperidine rings is 1. The molecule has 0 aromatic carbocycles. The van der Waals surface area contributed by atoms with Crippen molar-refractivity contribution >= 4 is 34.0 Å². The van der Waals surface area contributed by atoms with Gasteiger partial charge in [-0.25, -0.2) is 4.79 Å². The highest BCUT2D eigenvalue weighted by atomic mass is 32.1. The van der Waals surface area contributed by atoms with Gasteiger partial charge >= 0.3 is 6.03 Å². The van der Waals surface area contributed by atoms with Crippen LogP contribution in [0.4, 0.5) is 15.5 Å². The Hall–Kier alpha value is -1.84. The Kier molecular flexibility index (Phi) is 8.05. The van der Waals surface area contributed by atoms with Crippen molar-refractivity contribution in [3.63, 3.8) is 0 Å². The van der Waals surface area contributed by atoms with E-state index in [0.29, 0.717) is 42.5 Å². The molecule has 0 spiro atoms. The fraction of sp³-hybridized carbons (Fsp3) is 0.760. The monoisotopic (exact) mass is 490 g/mol. The van der Waals surface area contributed by atoms with Gasteiger partial charge in [0.05, 0.1) is 11.6 Å². The first-order valence-corrected chi connectivity index (χ1v) is 13.7. The summed E-state index contributed by atoms with van der Waals surface area (Å²) in [4.78, 5) is 34.2. The van der Waals surface area contributed by atoms with Crippen LogP contribution in [0.3, 0.4) is 0 Å². The largest absolute Gasteiger partial charge is 0.396 e. The number of rotatable bonds is 6. The molecule has 0 bridgehead atoms. The van der Waals surface area contributed by atoms with Crippen LogP contribution in [0.2, 0.25) is 0 Å². The van der Waals surface area contributed by atoms with Gasteiger partial charge in [0.1, 0.15) is 5.00 Å². The molecule has 1 saturated heterocycles. The van der Waals surface area contributed by atoms with E-state index >= 15 is 0 Å². The SMILES string of the molecule is CN(C)CCNC(=O)N(CC1CCCCC1)C(=O)[C@@H]1C[C@@H]2Cc3c(sc(N)c3N)C[C@H]2N(C)C1. The second-order valence-corrected chi connectivity index (χ2v) is 12.0. The summed E-state index contributed by atoms with van der Waals surface area (Å²) in [7, 11) is 6.08. The maximum atomic E-state index is 13.8. The Labute approximate surface area is 208 Å². The molecule has 1 aromatic rings. The third kappa shape index (κ3) is 5.52. The molecular formula is C25H42N6O2S.